The highest BCUT2D eigenvalue weighted by molar-refractivity contribution is 6.44. The number of carbonyl (C=O) groups is 2. The first kappa shape index (κ1) is 11.6. The van der Waals surface area contributed by atoms with E-state index < -0.39 is 0 Å². The predicted molar refractivity (Wildman–Crippen MR) is 64.9 cm³/mol. The second kappa shape index (κ2) is 4.97. The molecule has 2 amide bonds. The van der Waals surface area contributed by atoms with Crippen LogP contribution in [0.2, 0.25) is 5.02 Å². The van der Waals surface area contributed by atoms with Crippen molar-refractivity contribution in [1.29, 1.82) is 0 Å². The molecular formula is C11H10ClN3O2. The number of benzene rings is 1. The molecule has 0 unspecified atom stereocenters. The predicted octanol–water partition coefficient (Wildman–Crippen LogP) is 1.54. The van der Waals surface area contributed by atoms with Gasteiger partial charge in [-0.3, -0.25) is 9.59 Å². The first-order valence-electron chi connectivity index (χ1n) is 5.08. The Bertz CT molecular complexity index is 499. The molecule has 0 saturated carbocycles. The van der Waals surface area contributed by atoms with Gasteiger partial charge in [-0.1, -0.05) is 23.7 Å². The number of para-hydroxylation sites is 1. The van der Waals surface area contributed by atoms with Crippen molar-refractivity contribution in [3.8, 4) is 0 Å². The minimum atomic E-state index is -0.349. The molecule has 1 aromatic carbocycles. The van der Waals surface area contributed by atoms with Crippen molar-refractivity contribution in [2.75, 3.05) is 5.32 Å². The monoisotopic (exact) mass is 251 g/mol. The third-order valence-corrected chi connectivity index (χ3v) is 2.62. The molecule has 1 aliphatic rings. The Morgan fingerprint density at radius 3 is 2.76 bits per heavy atom. The van der Waals surface area contributed by atoms with Crippen LogP contribution in [0, 0.1) is 0 Å². The number of rotatable bonds is 2. The van der Waals surface area contributed by atoms with Gasteiger partial charge in [0.2, 0.25) is 5.91 Å². The molecule has 0 saturated heterocycles. The van der Waals surface area contributed by atoms with E-state index in [-0.39, 0.29) is 18.2 Å². The van der Waals surface area contributed by atoms with Gasteiger partial charge in [-0.2, -0.15) is 5.10 Å². The summed E-state index contributed by atoms with van der Waals surface area (Å²) in [5.41, 5.74) is 3.09. The highest BCUT2D eigenvalue weighted by Crippen LogP contribution is 2.20. The zero-order valence-corrected chi connectivity index (χ0v) is 9.62. The molecule has 0 radical (unpaired) electrons. The van der Waals surface area contributed by atoms with Crippen LogP contribution < -0.4 is 10.7 Å². The van der Waals surface area contributed by atoms with Gasteiger partial charge in [0.25, 0.3) is 5.91 Å². The molecule has 2 N–H and O–H groups in total. The lowest BCUT2D eigenvalue weighted by Gasteiger charge is -2.12. The number of carbonyl (C=O) groups excluding carboxylic acids is 2. The van der Waals surface area contributed by atoms with E-state index in [0.29, 0.717) is 22.8 Å². The third-order valence-electron chi connectivity index (χ3n) is 2.29. The fraction of sp³-hybridized carbons (Fsp3) is 0.182. The van der Waals surface area contributed by atoms with Gasteiger partial charge >= 0.3 is 0 Å². The number of hydrogen-bond donors (Lipinski definition) is 2. The number of nitrogens with zero attached hydrogens (tertiary/aromatic N) is 1. The van der Waals surface area contributed by atoms with Crippen molar-refractivity contribution in [3.63, 3.8) is 0 Å². The molecule has 5 nitrogen and oxygen atoms in total. The van der Waals surface area contributed by atoms with Crippen LogP contribution in [0.4, 0.5) is 5.69 Å². The number of hydrogen-bond acceptors (Lipinski definition) is 3. The van der Waals surface area contributed by atoms with Gasteiger partial charge in [0, 0.05) is 12.8 Å². The Morgan fingerprint density at radius 2 is 2.12 bits per heavy atom. The molecule has 6 heteroatoms. The average molecular weight is 252 g/mol. The van der Waals surface area contributed by atoms with E-state index in [9.17, 15) is 9.59 Å². The molecule has 0 atom stereocenters. The summed E-state index contributed by atoms with van der Waals surface area (Å²) in [5, 5.41) is 6.80. The van der Waals surface area contributed by atoms with Crippen molar-refractivity contribution in [3.05, 3.63) is 29.3 Å². The molecule has 0 bridgehead atoms. The Balaban J connectivity index is 2.07. The lowest BCUT2D eigenvalue weighted by Crippen LogP contribution is -2.32. The van der Waals surface area contributed by atoms with Gasteiger partial charge in [0.15, 0.2) is 0 Å². The summed E-state index contributed by atoms with van der Waals surface area (Å²) in [7, 11) is 0. The average Bonchev–Trinajstić information content (AvgIpc) is 2.33. The minimum absolute atomic E-state index is 0.181. The van der Waals surface area contributed by atoms with E-state index in [1.807, 2.05) is 0 Å². The Morgan fingerprint density at radius 1 is 1.35 bits per heavy atom. The quantitative estimate of drug-likeness (QED) is 0.837. The fourth-order valence-electron chi connectivity index (χ4n) is 1.39. The largest absolute Gasteiger partial charge is 0.320 e. The molecule has 17 heavy (non-hydrogen) atoms. The van der Waals surface area contributed by atoms with Crippen LogP contribution in [-0.2, 0) is 9.59 Å². The second-order valence-electron chi connectivity index (χ2n) is 3.53. The van der Waals surface area contributed by atoms with E-state index in [1.165, 1.54) is 0 Å². The van der Waals surface area contributed by atoms with E-state index in [1.54, 1.807) is 24.3 Å². The normalized spacial score (nSPS) is 14.9. The van der Waals surface area contributed by atoms with Crippen LogP contribution in [0.3, 0.4) is 0 Å². The van der Waals surface area contributed by atoms with Crippen molar-refractivity contribution in [2.45, 2.75) is 12.8 Å². The zero-order valence-electron chi connectivity index (χ0n) is 8.87. The molecule has 0 spiro atoms. The van der Waals surface area contributed by atoms with Gasteiger partial charge in [0.05, 0.1) is 10.7 Å². The zero-order chi connectivity index (χ0) is 12.3. The summed E-state index contributed by atoms with van der Waals surface area (Å²) in [5.74, 6) is -0.530. The Kier molecular flexibility index (Phi) is 3.39. The van der Waals surface area contributed by atoms with Crippen molar-refractivity contribution < 1.29 is 9.59 Å². The van der Waals surface area contributed by atoms with Gasteiger partial charge in [-0.05, 0) is 12.1 Å². The van der Waals surface area contributed by atoms with E-state index in [4.69, 9.17) is 11.6 Å². The summed E-state index contributed by atoms with van der Waals surface area (Å²) in [6.45, 7) is 0. The summed E-state index contributed by atoms with van der Waals surface area (Å²) in [6.07, 6.45) is 0.608. The van der Waals surface area contributed by atoms with Gasteiger partial charge < -0.3 is 5.32 Å². The molecular weight excluding hydrogens is 242 g/mol. The molecule has 2 rings (SSSR count). The van der Waals surface area contributed by atoms with Crippen molar-refractivity contribution in [2.24, 2.45) is 5.10 Å². The Labute approximate surface area is 103 Å². The molecule has 0 aliphatic carbocycles. The number of hydrazone groups is 1. The standard InChI is InChI=1S/C11H10ClN3O2/c12-7-3-1-2-4-8(7)13-11(17)9-5-6-10(16)15-14-9/h1-4H,5-6H2,(H,13,17)(H,15,16). The fourth-order valence-corrected chi connectivity index (χ4v) is 1.58. The number of nitrogens with one attached hydrogen (secondary N) is 2. The van der Waals surface area contributed by atoms with Crippen molar-refractivity contribution >= 4 is 34.8 Å². The SMILES string of the molecule is O=C1CCC(C(=O)Nc2ccccc2Cl)=NN1. The molecule has 0 aromatic heterocycles. The van der Waals surface area contributed by atoms with Crippen LogP contribution in [0.15, 0.2) is 29.4 Å². The topological polar surface area (TPSA) is 70.6 Å². The van der Waals surface area contributed by atoms with E-state index >= 15 is 0 Å². The molecule has 0 fully saturated rings. The number of halogens is 1. The summed E-state index contributed by atoms with van der Waals surface area (Å²) < 4.78 is 0. The molecule has 1 aromatic rings. The van der Waals surface area contributed by atoms with E-state index in [2.05, 4.69) is 15.8 Å². The summed E-state index contributed by atoms with van der Waals surface area (Å²) in [4.78, 5) is 22.6. The first-order chi connectivity index (χ1) is 8.16. The molecule has 1 aliphatic heterocycles. The number of anilines is 1. The van der Waals surface area contributed by atoms with Crippen LogP contribution in [0.1, 0.15) is 12.8 Å². The maximum Gasteiger partial charge on any atom is 0.271 e. The van der Waals surface area contributed by atoms with Gasteiger partial charge in [-0.25, -0.2) is 5.43 Å². The smallest absolute Gasteiger partial charge is 0.271 e. The van der Waals surface area contributed by atoms with Crippen LogP contribution in [0.25, 0.3) is 0 Å². The third kappa shape index (κ3) is 2.82. The lowest BCUT2D eigenvalue weighted by atomic mass is 10.1. The van der Waals surface area contributed by atoms with Crippen LogP contribution in [-0.4, -0.2) is 17.5 Å². The Hall–Kier alpha value is -1.88. The maximum atomic E-state index is 11.8. The van der Waals surface area contributed by atoms with Crippen LogP contribution >= 0.6 is 11.6 Å². The summed E-state index contributed by atoms with van der Waals surface area (Å²) >= 11 is 5.91. The first-order valence-corrected chi connectivity index (χ1v) is 5.46. The van der Waals surface area contributed by atoms with Crippen LogP contribution in [0.5, 0.6) is 0 Å². The number of amides is 2. The van der Waals surface area contributed by atoms with Crippen molar-refractivity contribution in [1.82, 2.24) is 5.43 Å². The van der Waals surface area contributed by atoms with Gasteiger partial charge in [-0.15, -0.1) is 0 Å². The summed E-state index contributed by atoms with van der Waals surface area (Å²) in [6, 6.07) is 6.92. The van der Waals surface area contributed by atoms with E-state index in [0.717, 1.165) is 0 Å². The molecule has 88 valence electrons. The minimum Gasteiger partial charge on any atom is -0.320 e. The van der Waals surface area contributed by atoms with Gasteiger partial charge in [0.1, 0.15) is 5.71 Å². The molecule has 1 heterocycles. The highest BCUT2D eigenvalue weighted by Gasteiger charge is 2.18. The highest BCUT2D eigenvalue weighted by atomic mass is 35.5. The maximum absolute atomic E-state index is 11.8. The lowest BCUT2D eigenvalue weighted by molar-refractivity contribution is -0.121. The second-order valence-corrected chi connectivity index (χ2v) is 3.93.